The zero-order valence-corrected chi connectivity index (χ0v) is 20.1. The number of aromatic carboxylic acids is 1. The van der Waals surface area contributed by atoms with Gasteiger partial charge in [-0.25, -0.2) is 4.79 Å². The molecule has 31 heavy (non-hydrogen) atoms. The fourth-order valence-electron chi connectivity index (χ4n) is 3.53. The van der Waals surface area contributed by atoms with E-state index in [-0.39, 0.29) is 17.1 Å². The van der Waals surface area contributed by atoms with Crippen LogP contribution in [-0.2, 0) is 10.1 Å². The first kappa shape index (κ1) is 27.3. The Hall–Kier alpha value is -1.76. The van der Waals surface area contributed by atoms with E-state index in [0.29, 0.717) is 6.61 Å². The van der Waals surface area contributed by atoms with Gasteiger partial charge in [0.15, 0.2) is 11.5 Å². The Morgan fingerprint density at radius 1 is 0.839 bits per heavy atom. The van der Waals surface area contributed by atoms with Gasteiger partial charge in [-0.05, 0) is 18.6 Å². The minimum absolute atomic E-state index is 0.0323. The maximum atomic E-state index is 11.4. The minimum Gasteiger partial charge on any atom is -0.489 e. The van der Waals surface area contributed by atoms with Crippen molar-refractivity contribution in [3.05, 3.63) is 23.8 Å². The highest BCUT2D eigenvalue weighted by Gasteiger charge is 2.19. The third-order valence-corrected chi connectivity index (χ3v) is 5.68. The van der Waals surface area contributed by atoms with Crippen LogP contribution in [-0.4, -0.2) is 32.4 Å². The summed E-state index contributed by atoms with van der Waals surface area (Å²) in [6.45, 7) is 2.57. The highest BCUT2D eigenvalue weighted by Crippen LogP contribution is 2.32. The normalized spacial score (nSPS) is 11.4. The Kier molecular flexibility index (Phi) is 14.0. The second kappa shape index (κ2) is 16.0. The second-order valence-electron chi connectivity index (χ2n) is 8.17. The lowest BCUT2D eigenvalue weighted by Crippen LogP contribution is -2.10. The average molecular weight is 457 g/mol. The monoisotopic (exact) mass is 456 g/mol. The number of carbonyl (C=O) groups is 1. The van der Waals surface area contributed by atoms with Crippen LogP contribution in [0.5, 0.6) is 11.5 Å². The van der Waals surface area contributed by atoms with Crippen molar-refractivity contribution < 1.29 is 27.2 Å². The van der Waals surface area contributed by atoms with Gasteiger partial charge in [-0.1, -0.05) is 96.5 Å². The number of unbranched alkanes of at least 4 members (excludes halogenated alkanes) is 13. The van der Waals surface area contributed by atoms with Gasteiger partial charge in [0.1, 0.15) is 5.56 Å². The summed E-state index contributed by atoms with van der Waals surface area (Å²) in [5.41, 5.74) is -0.105. The van der Waals surface area contributed by atoms with Crippen LogP contribution in [0.3, 0.4) is 0 Å². The van der Waals surface area contributed by atoms with Crippen molar-refractivity contribution in [2.75, 3.05) is 12.9 Å². The number of ether oxygens (including phenoxy) is 1. The van der Waals surface area contributed by atoms with Gasteiger partial charge in [-0.3, -0.25) is 0 Å². The Bertz CT molecular complexity index is 730. The van der Waals surface area contributed by atoms with E-state index in [4.69, 9.17) is 8.92 Å². The Balaban J connectivity index is 2.18. The lowest BCUT2D eigenvalue weighted by molar-refractivity contribution is 0.0691. The van der Waals surface area contributed by atoms with Gasteiger partial charge in [0.05, 0.1) is 12.9 Å². The van der Waals surface area contributed by atoms with Crippen molar-refractivity contribution in [2.45, 2.75) is 96.8 Å². The predicted octanol–water partition coefficient (Wildman–Crippen LogP) is 6.58. The van der Waals surface area contributed by atoms with E-state index in [2.05, 4.69) is 6.92 Å². The smallest absolute Gasteiger partial charge is 0.339 e. The van der Waals surface area contributed by atoms with Gasteiger partial charge >= 0.3 is 16.1 Å². The molecule has 1 aromatic rings. The Morgan fingerprint density at radius 3 is 1.77 bits per heavy atom. The topological polar surface area (TPSA) is 89.9 Å². The molecule has 7 heteroatoms. The van der Waals surface area contributed by atoms with Crippen LogP contribution in [0.4, 0.5) is 0 Å². The van der Waals surface area contributed by atoms with Gasteiger partial charge in [0, 0.05) is 0 Å². The Morgan fingerprint density at radius 2 is 1.32 bits per heavy atom. The molecule has 0 aliphatic heterocycles. The van der Waals surface area contributed by atoms with Crippen molar-refractivity contribution in [3.63, 3.8) is 0 Å². The molecule has 0 bridgehead atoms. The van der Waals surface area contributed by atoms with Crippen LogP contribution in [0.1, 0.15) is 107 Å². The molecule has 178 valence electrons. The lowest BCUT2D eigenvalue weighted by Gasteiger charge is -2.13. The molecule has 0 radical (unpaired) electrons. The van der Waals surface area contributed by atoms with Crippen molar-refractivity contribution in [1.82, 2.24) is 0 Å². The van der Waals surface area contributed by atoms with E-state index in [9.17, 15) is 18.3 Å². The molecule has 6 nitrogen and oxygen atoms in total. The molecule has 0 amide bonds. The molecular weight excluding hydrogens is 416 g/mol. The van der Waals surface area contributed by atoms with Crippen molar-refractivity contribution in [1.29, 1.82) is 0 Å². The third kappa shape index (κ3) is 13.3. The molecule has 0 aliphatic carbocycles. The van der Waals surface area contributed by atoms with Crippen molar-refractivity contribution in [3.8, 4) is 11.5 Å². The van der Waals surface area contributed by atoms with Gasteiger partial charge in [-0.15, -0.1) is 0 Å². The number of carboxylic acids is 1. The van der Waals surface area contributed by atoms with Crippen LogP contribution in [0, 0.1) is 0 Å². The largest absolute Gasteiger partial charge is 0.489 e. The fraction of sp³-hybridized carbons (Fsp3) is 0.708. The van der Waals surface area contributed by atoms with Crippen molar-refractivity contribution in [2.24, 2.45) is 0 Å². The predicted molar refractivity (Wildman–Crippen MR) is 125 cm³/mol. The van der Waals surface area contributed by atoms with E-state index >= 15 is 0 Å². The minimum atomic E-state index is -3.77. The zero-order chi connectivity index (χ0) is 23.0. The maximum absolute atomic E-state index is 11.4. The molecule has 0 heterocycles. The van der Waals surface area contributed by atoms with Crippen LogP contribution in [0.25, 0.3) is 0 Å². The summed E-state index contributed by atoms with van der Waals surface area (Å²) in [6, 6.07) is 4.20. The van der Waals surface area contributed by atoms with E-state index in [1.165, 1.54) is 88.8 Å². The molecule has 0 unspecified atom stereocenters. The van der Waals surface area contributed by atoms with Gasteiger partial charge in [-0.2, -0.15) is 8.42 Å². The molecule has 0 spiro atoms. The molecule has 0 saturated carbocycles. The van der Waals surface area contributed by atoms with E-state index in [1.807, 2.05) is 0 Å². The first-order chi connectivity index (χ1) is 14.8. The first-order valence-electron chi connectivity index (χ1n) is 11.7. The average Bonchev–Trinajstić information content (AvgIpc) is 2.70. The highest BCUT2D eigenvalue weighted by molar-refractivity contribution is 7.86. The van der Waals surface area contributed by atoms with E-state index < -0.39 is 16.1 Å². The number of rotatable bonds is 19. The van der Waals surface area contributed by atoms with E-state index in [0.717, 1.165) is 25.5 Å². The summed E-state index contributed by atoms with van der Waals surface area (Å²) in [6.07, 6.45) is 18.4. The fourth-order valence-corrected chi connectivity index (χ4v) is 3.99. The summed E-state index contributed by atoms with van der Waals surface area (Å²) < 4.78 is 33.3. The van der Waals surface area contributed by atoms with Gasteiger partial charge in [0.2, 0.25) is 0 Å². The van der Waals surface area contributed by atoms with Crippen LogP contribution >= 0.6 is 0 Å². The number of hydrogen-bond acceptors (Lipinski definition) is 5. The Labute approximate surface area is 188 Å². The molecule has 1 aromatic carbocycles. The molecule has 1 rings (SSSR count). The summed E-state index contributed by atoms with van der Waals surface area (Å²) in [4.78, 5) is 11.4. The number of hydrogen-bond donors (Lipinski definition) is 1. The quantitative estimate of drug-likeness (QED) is 0.187. The SMILES string of the molecule is CCCCCCCCCCCCCCCCOc1c(OS(C)(=O)=O)cccc1C(=O)O. The highest BCUT2D eigenvalue weighted by atomic mass is 32.2. The van der Waals surface area contributed by atoms with Gasteiger partial charge in [0.25, 0.3) is 0 Å². The maximum Gasteiger partial charge on any atom is 0.339 e. The van der Waals surface area contributed by atoms with Gasteiger partial charge < -0.3 is 14.0 Å². The van der Waals surface area contributed by atoms with E-state index in [1.54, 1.807) is 0 Å². The third-order valence-electron chi connectivity index (χ3n) is 5.19. The standard InChI is InChI=1S/C24H40O6S/c1-3-4-5-6-7-8-9-10-11-12-13-14-15-16-20-29-23-21(24(25)26)18-17-19-22(23)30-31(2,27)28/h17-19H,3-16,20H2,1-2H3,(H,25,26). The molecule has 1 N–H and O–H groups in total. The molecule has 0 atom stereocenters. The summed E-state index contributed by atoms with van der Waals surface area (Å²) in [7, 11) is -3.77. The summed E-state index contributed by atoms with van der Waals surface area (Å²) in [5, 5.41) is 9.33. The lowest BCUT2D eigenvalue weighted by atomic mass is 10.0. The number of benzene rings is 1. The zero-order valence-electron chi connectivity index (χ0n) is 19.2. The van der Waals surface area contributed by atoms with Crippen LogP contribution in [0.15, 0.2) is 18.2 Å². The number of carboxylic acid groups (broad SMARTS) is 1. The molecule has 0 aromatic heterocycles. The molecule has 0 saturated heterocycles. The number of para-hydroxylation sites is 1. The van der Waals surface area contributed by atoms with Crippen molar-refractivity contribution >= 4 is 16.1 Å². The van der Waals surface area contributed by atoms with Crippen LogP contribution in [0.2, 0.25) is 0 Å². The van der Waals surface area contributed by atoms with Crippen LogP contribution < -0.4 is 8.92 Å². The first-order valence-corrected chi connectivity index (χ1v) is 13.6. The molecular formula is C24H40O6S. The molecule has 0 aliphatic rings. The molecule has 0 fully saturated rings. The summed E-state index contributed by atoms with van der Waals surface area (Å²) in [5.74, 6) is -1.31. The second-order valence-corrected chi connectivity index (χ2v) is 9.75. The summed E-state index contributed by atoms with van der Waals surface area (Å²) >= 11 is 0.